The second kappa shape index (κ2) is 8.31. The van der Waals surface area contributed by atoms with Gasteiger partial charge in [0.15, 0.2) is 0 Å². The number of benzene rings is 1. The Kier molecular flexibility index (Phi) is 6.39. The molecule has 1 unspecified atom stereocenters. The summed E-state index contributed by atoms with van der Waals surface area (Å²) in [5.41, 5.74) is -0.310. The Hall–Kier alpha value is -2.12. The molecule has 1 aromatic carbocycles. The van der Waals surface area contributed by atoms with Gasteiger partial charge in [0.25, 0.3) is 5.56 Å². The van der Waals surface area contributed by atoms with E-state index in [4.69, 9.17) is 0 Å². The van der Waals surface area contributed by atoms with Gasteiger partial charge in [-0.15, -0.1) is 12.4 Å². The lowest BCUT2D eigenvalue weighted by Crippen LogP contribution is -2.47. The summed E-state index contributed by atoms with van der Waals surface area (Å²) in [5, 5.41) is 3.67. The van der Waals surface area contributed by atoms with Crippen LogP contribution in [0.4, 0.5) is 0 Å². The predicted molar refractivity (Wildman–Crippen MR) is 99.4 cm³/mol. The van der Waals surface area contributed by atoms with Crippen LogP contribution in [0.2, 0.25) is 0 Å². The Morgan fingerprint density at radius 3 is 2.84 bits per heavy atom. The van der Waals surface area contributed by atoms with Crippen LogP contribution in [0.5, 0.6) is 0 Å². The highest BCUT2D eigenvalue weighted by molar-refractivity contribution is 5.85. The van der Waals surface area contributed by atoms with Gasteiger partial charge in [0, 0.05) is 32.1 Å². The number of carbonyl (C=O) groups excluding carboxylic acids is 1. The van der Waals surface area contributed by atoms with Crippen molar-refractivity contribution in [1.82, 2.24) is 19.8 Å². The molecule has 2 heterocycles. The van der Waals surface area contributed by atoms with Gasteiger partial charge in [-0.3, -0.25) is 19.1 Å². The van der Waals surface area contributed by atoms with Crippen LogP contribution in [0.1, 0.15) is 19.3 Å². The number of nitrogens with one attached hydrogen (secondary N) is 2. The lowest BCUT2D eigenvalue weighted by atomic mass is 10.1. The fourth-order valence-electron chi connectivity index (χ4n) is 3.27. The van der Waals surface area contributed by atoms with E-state index < -0.39 is 11.2 Å². The highest BCUT2D eigenvalue weighted by atomic mass is 35.5. The number of rotatable bonds is 4. The maximum atomic E-state index is 12.5. The number of carbonyl (C=O) groups is 1. The number of nitrogens with zero attached hydrogens (tertiary/aromatic N) is 2. The zero-order valence-corrected chi connectivity index (χ0v) is 15.0. The molecule has 1 atom stereocenters. The smallest absolute Gasteiger partial charge is 0.328 e. The van der Waals surface area contributed by atoms with Crippen LogP contribution >= 0.6 is 12.4 Å². The SMILES string of the molecule is CNC1CCCN(C(=O)CCn2c(=O)[nH]c(=O)c3ccccc32)C1.Cl. The van der Waals surface area contributed by atoms with E-state index >= 15 is 0 Å². The van der Waals surface area contributed by atoms with Crippen molar-refractivity contribution in [2.45, 2.75) is 31.8 Å². The molecule has 1 saturated heterocycles. The van der Waals surface area contributed by atoms with E-state index in [0.717, 1.165) is 19.4 Å². The number of aryl methyl sites for hydroxylation is 1. The zero-order valence-electron chi connectivity index (χ0n) is 14.2. The van der Waals surface area contributed by atoms with Crippen molar-refractivity contribution in [3.63, 3.8) is 0 Å². The summed E-state index contributed by atoms with van der Waals surface area (Å²) in [6.07, 6.45) is 2.30. The van der Waals surface area contributed by atoms with Crippen molar-refractivity contribution in [2.24, 2.45) is 0 Å². The highest BCUT2D eigenvalue weighted by Crippen LogP contribution is 2.12. The van der Waals surface area contributed by atoms with E-state index in [9.17, 15) is 14.4 Å². The van der Waals surface area contributed by atoms with E-state index in [1.54, 1.807) is 24.3 Å². The number of hydrogen-bond acceptors (Lipinski definition) is 4. The van der Waals surface area contributed by atoms with Gasteiger partial charge < -0.3 is 10.2 Å². The van der Waals surface area contributed by atoms with Crippen LogP contribution in [0.15, 0.2) is 33.9 Å². The minimum absolute atomic E-state index is 0. The van der Waals surface area contributed by atoms with Gasteiger partial charge in [-0.1, -0.05) is 12.1 Å². The predicted octanol–water partition coefficient (Wildman–Crippen LogP) is 0.712. The monoisotopic (exact) mass is 366 g/mol. The number of halogens is 1. The number of H-pyrrole nitrogens is 1. The van der Waals surface area contributed by atoms with Crippen molar-refractivity contribution in [3.05, 3.63) is 45.1 Å². The van der Waals surface area contributed by atoms with Gasteiger partial charge in [0.1, 0.15) is 0 Å². The number of aromatic nitrogens is 2. The van der Waals surface area contributed by atoms with Gasteiger partial charge in [0.05, 0.1) is 10.9 Å². The van der Waals surface area contributed by atoms with E-state index in [1.807, 2.05) is 11.9 Å². The molecular formula is C17H23ClN4O3. The fourth-order valence-corrected chi connectivity index (χ4v) is 3.27. The Balaban J connectivity index is 0.00000225. The van der Waals surface area contributed by atoms with Crippen LogP contribution in [-0.2, 0) is 11.3 Å². The minimum atomic E-state index is -0.474. The van der Waals surface area contributed by atoms with Crippen molar-refractivity contribution >= 4 is 29.2 Å². The van der Waals surface area contributed by atoms with Gasteiger partial charge in [-0.25, -0.2) is 4.79 Å². The topological polar surface area (TPSA) is 87.2 Å². The van der Waals surface area contributed by atoms with Crippen LogP contribution in [0.25, 0.3) is 10.9 Å². The normalized spacial score (nSPS) is 17.3. The Labute approximate surface area is 151 Å². The molecule has 2 N–H and O–H groups in total. The van der Waals surface area contributed by atoms with Crippen molar-refractivity contribution in [1.29, 1.82) is 0 Å². The molecule has 0 bridgehead atoms. The summed E-state index contributed by atoms with van der Waals surface area (Å²) in [6, 6.07) is 7.27. The zero-order chi connectivity index (χ0) is 17.1. The molecule has 8 heteroatoms. The Morgan fingerprint density at radius 2 is 2.08 bits per heavy atom. The number of likely N-dealkylation sites (N-methyl/N-ethyl adjacent to an activating group) is 1. The standard InChI is InChI=1S/C17H22N4O3.ClH/c1-18-12-5-4-9-20(11-12)15(22)8-10-21-14-7-3-2-6-13(14)16(23)19-17(21)24;/h2-3,6-7,12,18H,4-5,8-11H2,1H3,(H,19,23,24);1H. The van der Waals surface area contributed by atoms with Crippen molar-refractivity contribution in [3.8, 4) is 0 Å². The summed E-state index contributed by atoms with van der Waals surface area (Å²) in [4.78, 5) is 40.6. The largest absolute Gasteiger partial charge is 0.341 e. The quantitative estimate of drug-likeness (QED) is 0.834. The molecule has 0 saturated carbocycles. The number of amides is 1. The molecule has 0 spiro atoms. The molecule has 1 fully saturated rings. The van der Waals surface area contributed by atoms with Gasteiger partial charge >= 0.3 is 5.69 Å². The number of piperidine rings is 1. The molecule has 1 aromatic heterocycles. The highest BCUT2D eigenvalue weighted by Gasteiger charge is 2.22. The third-order valence-corrected chi connectivity index (χ3v) is 4.64. The number of likely N-dealkylation sites (tertiary alicyclic amines) is 1. The molecule has 0 aliphatic carbocycles. The molecule has 1 aliphatic rings. The average molecular weight is 367 g/mol. The lowest BCUT2D eigenvalue weighted by molar-refractivity contribution is -0.132. The molecule has 3 rings (SSSR count). The fraction of sp³-hybridized carbons (Fsp3) is 0.471. The summed E-state index contributed by atoms with van der Waals surface area (Å²) in [7, 11) is 1.91. The molecule has 1 amide bonds. The second-order valence-corrected chi connectivity index (χ2v) is 6.15. The minimum Gasteiger partial charge on any atom is -0.341 e. The first kappa shape index (κ1) is 19.2. The Morgan fingerprint density at radius 1 is 1.32 bits per heavy atom. The maximum Gasteiger partial charge on any atom is 0.328 e. The van der Waals surface area contributed by atoms with Crippen LogP contribution in [0, 0.1) is 0 Å². The number of hydrogen-bond donors (Lipinski definition) is 2. The molecule has 7 nitrogen and oxygen atoms in total. The van der Waals surface area contributed by atoms with E-state index in [1.165, 1.54) is 4.57 Å². The first-order valence-electron chi connectivity index (χ1n) is 8.27. The third kappa shape index (κ3) is 4.11. The molecule has 2 aromatic rings. The van der Waals surface area contributed by atoms with Gasteiger partial charge in [-0.2, -0.15) is 0 Å². The molecular weight excluding hydrogens is 344 g/mol. The van der Waals surface area contributed by atoms with Crippen LogP contribution in [-0.4, -0.2) is 46.5 Å². The van der Waals surface area contributed by atoms with E-state index in [0.29, 0.717) is 23.5 Å². The van der Waals surface area contributed by atoms with E-state index in [-0.39, 0.29) is 31.3 Å². The summed E-state index contributed by atoms with van der Waals surface area (Å²) in [6.45, 7) is 1.73. The Bertz CT molecular complexity index is 861. The molecule has 25 heavy (non-hydrogen) atoms. The summed E-state index contributed by atoms with van der Waals surface area (Å²) in [5.74, 6) is 0.0390. The lowest BCUT2D eigenvalue weighted by Gasteiger charge is -2.32. The summed E-state index contributed by atoms with van der Waals surface area (Å²) < 4.78 is 1.47. The average Bonchev–Trinajstić information content (AvgIpc) is 2.61. The van der Waals surface area contributed by atoms with Gasteiger partial charge in [-0.05, 0) is 32.0 Å². The van der Waals surface area contributed by atoms with Crippen molar-refractivity contribution < 1.29 is 4.79 Å². The first-order chi connectivity index (χ1) is 11.6. The first-order valence-corrected chi connectivity index (χ1v) is 8.27. The van der Waals surface area contributed by atoms with Crippen molar-refractivity contribution in [2.75, 3.05) is 20.1 Å². The molecule has 1 aliphatic heterocycles. The second-order valence-electron chi connectivity index (χ2n) is 6.15. The molecule has 136 valence electrons. The van der Waals surface area contributed by atoms with Crippen LogP contribution in [0.3, 0.4) is 0 Å². The van der Waals surface area contributed by atoms with Gasteiger partial charge in [0.2, 0.25) is 5.91 Å². The number of aromatic amines is 1. The third-order valence-electron chi connectivity index (χ3n) is 4.64. The molecule has 0 radical (unpaired) electrons. The number of para-hydroxylation sites is 1. The van der Waals surface area contributed by atoms with E-state index in [2.05, 4.69) is 10.3 Å². The maximum absolute atomic E-state index is 12.5. The summed E-state index contributed by atoms with van der Waals surface area (Å²) >= 11 is 0. The van der Waals surface area contributed by atoms with Crippen LogP contribution < -0.4 is 16.6 Å². The number of fused-ring (bicyclic) bond motifs is 1.